The summed E-state index contributed by atoms with van der Waals surface area (Å²) in [5, 5.41) is 3.44. The van der Waals surface area contributed by atoms with E-state index in [0.717, 1.165) is 18.2 Å². The zero-order valence-electron chi connectivity index (χ0n) is 11.2. The SMILES string of the molecule is CNC1CCCC1CN(C)Cc1ccoc1C. The van der Waals surface area contributed by atoms with Gasteiger partial charge in [0.25, 0.3) is 0 Å². The van der Waals surface area contributed by atoms with E-state index in [0.29, 0.717) is 6.04 Å². The van der Waals surface area contributed by atoms with Crippen LogP contribution in [0.1, 0.15) is 30.6 Å². The van der Waals surface area contributed by atoms with Crippen LogP contribution in [0.3, 0.4) is 0 Å². The van der Waals surface area contributed by atoms with Gasteiger partial charge in [-0.2, -0.15) is 0 Å². The predicted molar refractivity (Wildman–Crippen MR) is 70.0 cm³/mol. The van der Waals surface area contributed by atoms with Crippen molar-refractivity contribution in [1.29, 1.82) is 0 Å². The van der Waals surface area contributed by atoms with Crippen LogP contribution in [0.2, 0.25) is 0 Å². The molecule has 17 heavy (non-hydrogen) atoms. The number of aryl methyl sites for hydroxylation is 1. The molecule has 1 aromatic rings. The lowest BCUT2D eigenvalue weighted by atomic mass is 10.0. The molecule has 1 aliphatic carbocycles. The normalized spacial score (nSPS) is 24.7. The lowest BCUT2D eigenvalue weighted by molar-refractivity contribution is 0.248. The fraction of sp³-hybridized carbons (Fsp3) is 0.714. The molecule has 3 heteroatoms. The molecule has 1 aromatic heterocycles. The Morgan fingerprint density at radius 1 is 1.47 bits per heavy atom. The number of hydrogen-bond acceptors (Lipinski definition) is 3. The first-order valence-corrected chi connectivity index (χ1v) is 6.59. The Hall–Kier alpha value is -0.800. The van der Waals surface area contributed by atoms with Crippen LogP contribution in [0, 0.1) is 12.8 Å². The molecule has 1 aliphatic rings. The summed E-state index contributed by atoms with van der Waals surface area (Å²) in [4.78, 5) is 2.41. The molecule has 0 spiro atoms. The highest BCUT2D eigenvalue weighted by Crippen LogP contribution is 2.26. The molecule has 2 unspecified atom stereocenters. The second-order valence-electron chi connectivity index (χ2n) is 5.28. The standard InChI is InChI=1S/C14H24N2O/c1-11-12(7-8-17-11)9-16(3)10-13-5-4-6-14(13)15-2/h7-8,13-15H,4-6,9-10H2,1-3H3. The van der Waals surface area contributed by atoms with Gasteiger partial charge in [-0.15, -0.1) is 0 Å². The van der Waals surface area contributed by atoms with Gasteiger partial charge in [0.15, 0.2) is 0 Å². The molecule has 0 radical (unpaired) electrons. The Balaban J connectivity index is 1.85. The van der Waals surface area contributed by atoms with Crippen LogP contribution in [-0.2, 0) is 6.54 Å². The minimum Gasteiger partial charge on any atom is -0.469 e. The first kappa shape index (κ1) is 12.7. The Morgan fingerprint density at radius 2 is 2.29 bits per heavy atom. The van der Waals surface area contributed by atoms with Crippen LogP contribution < -0.4 is 5.32 Å². The Labute approximate surface area is 104 Å². The number of furan rings is 1. The van der Waals surface area contributed by atoms with Crippen molar-refractivity contribution in [2.75, 3.05) is 20.6 Å². The van der Waals surface area contributed by atoms with E-state index >= 15 is 0 Å². The van der Waals surface area contributed by atoms with Crippen LogP contribution in [0.4, 0.5) is 0 Å². The van der Waals surface area contributed by atoms with Crippen LogP contribution >= 0.6 is 0 Å². The smallest absolute Gasteiger partial charge is 0.105 e. The first-order chi connectivity index (χ1) is 8.20. The molecule has 1 saturated carbocycles. The molecule has 0 saturated heterocycles. The van der Waals surface area contributed by atoms with Gasteiger partial charge in [-0.05, 0) is 45.8 Å². The molecule has 0 aliphatic heterocycles. The third kappa shape index (κ3) is 3.11. The lowest BCUT2D eigenvalue weighted by Gasteiger charge is -2.25. The molecule has 0 bridgehead atoms. The van der Waals surface area contributed by atoms with Crippen molar-refractivity contribution >= 4 is 0 Å². The van der Waals surface area contributed by atoms with Crippen LogP contribution in [0.25, 0.3) is 0 Å². The molecule has 1 fully saturated rings. The van der Waals surface area contributed by atoms with E-state index in [1.165, 1.54) is 31.4 Å². The third-order valence-electron chi connectivity index (χ3n) is 3.98. The zero-order valence-corrected chi connectivity index (χ0v) is 11.2. The second-order valence-corrected chi connectivity index (χ2v) is 5.28. The summed E-state index contributed by atoms with van der Waals surface area (Å²) in [6, 6.07) is 2.79. The molecule has 2 atom stereocenters. The van der Waals surface area contributed by atoms with Gasteiger partial charge >= 0.3 is 0 Å². The summed E-state index contributed by atoms with van der Waals surface area (Å²) >= 11 is 0. The van der Waals surface area contributed by atoms with Crippen LogP contribution in [0.15, 0.2) is 16.7 Å². The Bertz CT molecular complexity index is 348. The average Bonchev–Trinajstić information content (AvgIpc) is 2.89. The minimum atomic E-state index is 0.711. The summed E-state index contributed by atoms with van der Waals surface area (Å²) in [6.45, 7) is 4.21. The van der Waals surface area contributed by atoms with E-state index in [4.69, 9.17) is 4.42 Å². The van der Waals surface area contributed by atoms with E-state index in [-0.39, 0.29) is 0 Å². The number of nitrogens with one attached hydrogen (secondary N) is 1. The molecule has 1 N–H and O–H groups in total. The molecule has 0 aromatic carbocycles. The minimum absolute atomic E-state index is 0.711. The van der Waals surface area contributed by atoms with Gasteiger partial charge in [0.1, 0.15) is 5.76 Å². The van der Waals surface area contributed by atoms with E-state index < -0.39 is 0 Å². The molecule has 96 valence electrons. The fourth-order valence-electron chi connectivity index (χ4n) is 2.97. The Kier molecular flexibility index (Phi) is 4.24. The summed E-state index contributed by atoms with van der Waals surface area (Å²) in [7, 11) is 4.29. The summed E-state index contributed by atoms with van der Waals surface area (Å²) in [6.07, 6.45) is 5.85. The van der Waals surface area contributed by atoms with Crippen LogP contribution in [-0.4, -0.2) is 31.6 Å². The second kappa shape index (κ2) is 5.69. The number of nitrogens with zero attached hydrogens (tertiary/aromatic N) is 1. The van der Waals surface area contributed by atoms with E-state index in [2.05, 4.69) is 30.4 Å². The largest absolute Gasteiger partial charge is 0.469 e. The van der Waals surface area contributed by atoms with Gasteiger partial charge in [0, 0.05) is 24.7 Å². The topological polar surface area (TPSA) is 28.4 Å². The molecule has 0 amide bonds. The van der Waals surface area contributed by atoms with E-state index in [9.17, 15) is 0 Å². The molecule has 2 rings (SSSR count). The maximum Gasteiger partial charge on any atom is 0.105 e. The third-order valence-corrected chi connectivity index (χ3v) is 3.98. The average molecular weight is 236 g/mol. The van der Waals surface area contributed by atoms with E-state index in [1.807, 2.05) is 6.92 Å². The highest BCUT2D eigenvalue weighted by Gasteiger charge is 2.26. The molecule has 3 nitrogen and oxygen atoms in total. The molecule has 1 heterocycles. The van der Waals surface area contributed by atoms with Gasteiger partial charge in [0.2, 0.25) is 0 Å². The van der Waals surface area contributed by atoms with Crippen molar-refractivity contribution in [2.24, 2.45) is 5.92 Å². The van der Waals surface area contributed by atoms with Gasteiger partial charge in [-0.25, -0.2) is 0 Å². The van der Waals surface area contributed by atoms with Crippen molar-refractivity contribution in [3.63, 3.8) is 0 Å². The molecular formula is C14H24N2O. The van der Waals surface area contributed by atoms with Crippen molar-refractivity contribution in [2.45, 2.75) is 38.8 Å². The maximum absolute atomic E-state index is 5.34. The number of rotatable bonds is 5. The van der Waals surface area contributed by atoms with Gasteiger partial charge in [-0.1, -0.05) is 6.42 Å². The summed E-state index contributed by atoms with van der Waals surface area (Å²) in [5.74, 6) is 1.85. The molecular weight excluding hydrogens is 212 g/mol. The van der Waals surface area contributed by atoms with Gasteiger partial charge < -0.3 is 14.6 Å². The highest BCUT2D eigenvalue weighted by atomic mass is 16.3. The fourth-order valence-corrected chi connectivity index (χ4v) is 2.97. The predicted octanol–water partition coefficient (Wildman–Crippen LogP) is 2.41. The lowest BCUT2D eigenvalue weighted by Crippen LogP contribution is -2.36. The van der Waals surface area contributed by atoms with Crippen molar-refractivity contribution in [3.8, 4) is 0 Å². The zero-order chi connectivity index (χ0) is 12.3. The summed E-state index contributed by atoms with van der Waals surface area (Å²) in [5.41, 5.74) is 1.31. The van der Waals surface area contributed by atoms with Gasteiger partial charge in [0.05, 0.1) is 6.26 Å². The highest BCUT2D eigenvalue weighted by molar-refractivity contribution is 5.15. The van der Waals surface area contributed by atoms with Gasteiger partial charge in [-0.3, -0.25) is 0 Å². The monoisotopic (exact) mass is 236 g/mol. The van der Waals surface area contributed by atoms with Crippen molar-refractivity contribution in [1.82, 2.24) is 10.2 Å². The van der Waals surface area contributed by atoms with E-state index in [1.54, 1.807) is 6.26 Å². The Morgan fingerprint density at radius 3 is 2.94 bits per heavy atom. The summed E-state index contributed by atoms with van der Waals surface area (Å²) < 4.78 is 5.34. The quantitative estimate of drug-likeness (QED) is 0.851. The van der Waals surface area contributed by atoms with Crippen molar-refractivity contribution < 1.29 is 4.42 Å². The maximum atomic E-state index is 5.34. The number of hydrogen-bond donors (Lipinski definition) is 1. The van der Waals surface area contributed by atoms with Crippen molar-refractivity contribution in [3.05, 3.63) is 23.7 Å². The first-order valence-electron chi connectivity index (χ1n) is 6.59. The van der Waals surface area contributed by atoms with Crippen LogP contribution in [0.5, 0.6) is 0 Å².